The second-order valence-electron chi connectivity index (χ2n) is 4.00. The molecule has 0 bridgehead atoms. The highest BCUT2D eigenvalue weighted by atomic mass is 32.1. The number of aryl methyl sites for hydroxylation is 1. The van der Waals surface area contributed by atoms with Gasteiger partial charge in [-0.05, 0) is 44.2 Å². The van der Waals surface area contributed by atoms with E-state index in [9.17, 15) is 0 Å². The van der Waals surface area contributed by atoms with Crippen LogP contribution in [0.1, 0.15) is 31.1 Å². The zero-order chi connectivity index (χ0) is 11.6. The standard InChI is InChI=1S/C13H23NOS/c1-3-9-15-10-8-12(14-2)6-7-13-5-4-11-16-13/h4-5,11-12,14H,3,6-10H2,1-2H3. The Morgan fingerprint density at radius 1 is 1.38 bits per heavy atom. The Labute approximate surface area is 103 Å². The summed E-state index contributed by atoms with van der Waals surface area (Å²) in [5.41, 5.74) is 0. The molecule has 0 aliphatic carbocycles. The lowest BCUT2D eigenvalue weighted by Gasteiger charge is -2.15. The van der Waals surface area contributed by atoms with E-state index in [2.05, 4.69) is 29.8 Å². The first kappa shape index (κ1) is 13.7. The van der Waals surface area contributed by atoms with Gasteiger partial charge in [0.25, 0.3) is 0 Å². The maximum atomic E-state index is 5.51. The molecule has 0 aromatic carbocycles. The van der Waals surface area contributed by atoms with Crippen molar-refractivity contribution in [3.63, 3.8) is 0 Å². The number of hydrogen-bond acceptors (Lipinski definition) is 3. The lowest BCUT2D eigenvalue weighted by atomic mass is 10.1. The van der Waals surface area contributed by atoms with Crippen molar-refractivity contribution in [2.45, 2.75) is 38.6 Å². The summed E-state index contributed by atoms with van der Waals surface area (Å²) in [6.45, 7) is 3.91. The normalized spacial score (nSPS) is 12.9. The van der Waals surface area contributed by atoms with E-state index in [0.29, 0.717) is 6.04 Å². The number of ether oxygens (including phenoxy) is 1. The van der Waals surface area contributed by atoms with Crippen molar-refractivity contribution in [1.82, 2.24) is 5.32 Å². The molecule has 0 saturated carbocycles. The number of thiophene rings is 1. The first-order valence-electron chi connectivity index (χ1n) is 6.14. The molecule has 0 amide bonds. The minimum atomic E-state index is 0.582. The molecule has 2 nitrogen and oxygen atoms in total. The van der Waals surface area contributed by atoms with Crippen LogP contribution in [-0.4, -0.2) is 26.3 Å². The number of hydrogen-bond donors (Lipinski definition) is 1. The Bertz CT molecular complexity index is 248. The zero-order valence-electron chi connectivity index (χ0n) is 10.4. The van der Waals surface area contributed by atoms with Gasteiger partial charge in [-0.2, -0.15) is 0 Å². The minimum Gasteiger partial charge on any atom is -0.381 e. The number of nitrogens with one attached hydrogen (secondary N) is 1. The van der Waals surface area contributed by atoms with Gasteiger partial charge in [-0.1, -0.05) is 13.0 Å². The van der Waals surface area contributed by atoms with E-state index >= 15 is 0 Å². The van der Waals surface area contributed by atoms with Crippen molar-refractivity contribution in [2.75, 3.05) is 20.3 Å². The van der Waals surface area contributed by atoms with Crippen LogP contribution in [0.4, 0.5) is 0 Å². The fourth-order valence-corrected chi connectivity index (χ4v) is 2.40. The molecule has 0 aliphatic heterocycles. The molecule has 1 aromatic heterocycles. The molecule has 3 heteroatoms. The van der Waals surface area contributed by atoms with E-state index < -0.39 is 0 Å². The van der Waals surface area contributed by atoms with E-state index in [1.165, 1.54) is 17.7 Å². The quantitative estimate of drug-likeness (QED) is 0.671. The van der Waals surface area contributed by atoms with Gasteiger partial charge in [-0.25, -0.2) is 0 Å². The van der Waals surface area contributed by atoms with Gasteiger partial charge in [0, 0.05) is 24.1 Å². The highest BCUT2D eigenvalue weighted by molar-refractivity contribution is 7.09. The van der Waals surface area contributed by atoms with Crippen LogP contribution in [0.3, 0.4) is 0 Å². The molecule has 1 atom stereocenters. The topological polar surface area (TPSA) is 21.3 Å². The lowest BCUT2D eigenvalue weighted by molar-refractivity contribution is 0.124. The smallest absolute Gasteiger partial charge is 0.0480 e. The molecule has 0 aliphatic rings. The Hall–Kier alpha value is -0.380. The highest BCUT2D eigenvalue weighted by Crippen LogP contribution is 2.13. The van der Waals surface area contributed by atoms with Gasteiger partial charge in [0.05, 0.1) is 0 Å². The fraction of sp³-hybridized carbons (Fsp3) is 0.692. The monoisotopic (exact) mass is 241 g/mol. The second-order valence-corrected chi connectivity index (χ2v) is 5.04. The van der Waals surface area contributed by atoms with Crippen molar-refractivity contribution < 1.29 is 4.74 Å². The van der Waals surface area contributed by atoms with Crippen LogP contribution in [0.2, 0.25) is 0 Å². The molecule has 16 heavy (non-hydrogen) atoms. The Morgan fingerprint density at radius 3 is 2.88 bits per heavy atom. The van der Waals surface area contributed by atoms with E-state index in [-0.39, 0.29) is 0 Å². The molecule has 92 valence electrons. The molecular weight excluding hydrogens is 218 g/mol. The first-order chi connectivity index (χ1) is 7.86. The molecule has 1 aromatic rings. The van der Waals surface area contributed by atoms with Crippen molar-refractivity contribution in [3.8, 4) is 0 Å². The van der Waals surface area contributed by atoms with Crippen molar-refractivity contribution in [2.24, 2.45) is 0 Å². The first-order valence-corrected chi connectivity index (χ1v) is 7.02. The molecule has 0 radical (unpaired) electrons. The average Bonchev–Trinajstić information content (AvgIpc) is 2.81. The molecule has 1 rings (SSSR count). The lowest BCUT2D eigenvalue weighted by Crippen LogP contribution is -2.27. The van der Waals surface area contributed by atoms with Gasteiger partial charge in [-0.3, -0.25) is 0 Å². The summed E-state index contributed by atoms with van der Waals surface area (Å²) in [7, 11) is 2.04. The molecule has 0 fully saturated rings. The Kier molecular flexibility index (Phi) is 7.47. The molecule has 1 heterocycles. The third-order valence-corrected chi connectivity index (χ3v) is 3.62. The predicted octanol–water partition coefficient (Wildman–Crippen LogP) is 3.09. The molecule has 0 spiro atoms. The summed E-state index contributed by atoms with van der Waals surface area (Å²) in [4.78, 5) is 1.48. The van der Waals surface area contributed by atoms with E-state index in [4.69, 9.17) is 4.74 Å². The SMILES string of the molecule is CCCOCCC(CCc1cccs1)NC. The summed E-state index contributed by atoms with van der Waals surface area (Å²) < 4.78 is 5.51. The van der Waals surface area contributed by atoms with Gasteiger partial charge in [0.15, 0.2) is 0 Å². The maximum absolute atomic E-state index is 5.51. The fourth-order valence-electron chi connectivity index (χ4n) is 1.68. The van der Waals surface area contributed by atoms with Gasteiger partial charge >= 0.3 is 0 Å². The van der Waals surface area contributed by atoms with Crippen LogP contribution < -0.4 is 5.32 Å². The van der Waals surface area contributed by atoms with Gasteiger partial charge in [-0.15, -0.1) is 11.3 Å². The number of rotatable bonds is 9. The summed E-state index contributed by atoms with van der Waals surface area (Å²) in [5.74, 6) is 0. The van der Waals surface area contributed by atoms with Gasteiger partial charge in [0.2, 0.25) is 0 Å². The van der Waals surface area contributed by atoms with E-state index in [1.54, 1.807) is 0 Å². The van der Waals surface area contributed by atoms with E-state index in [0.717, 1.165) is 26.1 Å². The van der Waals surface area contributed by atoms with Crippen molar-refractivity contribution >= 4 is 11.3 Å². The Morgan fingerprint density at radius 2 is 2.25 bits per heavy atom. The average molecular weight is 241 g/mol. The molecule has 1 unspecified atom stereocenters. The van der Waals surface area contributed by atoms with Crippen LogP contribution in [0.5, 0.6) is 0 Å². The summed E-state index contributed by atoms with van der Waals surface area (Å²) in [6.07, 6.45) is 4.60. The Balaban J connectivity index is 2.11. The van der Waals surface area contributed by atoms with Crippen LogP contribution >= 0.6 is 11.3 Å². The molecule has 0 saturated heterocycles. The van der Waals surface area contributed by atoms with Crippen LogP contribution in [0, 0.1) is 0 Å². The summed E-state index contributed by atoms with van der Waals surface area (Å²) in [6, 6.07) is 4.92. The van der Waals surface area contributed by atoms with Crippen LogP contribution in [0.15, 0.2) is 17.5 Å². The zero-order valence-corrected chi connectivity index (χ0v) is 11.2. The second kappa shape index (κ2) is 8.74. The third-order valence-electron chi connectivity index (χ3n) is 2.69. The minimum absolute atomic E-state index is 0.582. The predicted molar refractivity (Wildman–Crippen MR) is 71.2 cm³/mol. The van der Waals surface area contributed by atoms with Crippen LogP contribution in [-0.2, 0) is 11.2 Å². The third kappa shape index (κ3) is 5.64. The molecular formula is C13H23NOS. The largest absolute Gasteiger partial charge is 0.381 e. The van der Waals surface area contributed by atoms with Crippen LogP contribution in [0.25, 0.3) is 0 Å². The van der Waals surface area contributed by atoms with E-state index in [1.807, 2.05) is 18.4 Å². The maximum Gasteiger partial charge on any atom is 0.0480 e. The summed E-state index contributed by atoms with van der Waals surface area (Å²) in [5, 5.41) is 5.51. The highest BCUT2D eigenvalue weighted by Gasteiger charge is 2.06. The van der Waals surface area contributed by atoms with Crippen molar-refractivity contribution in [1.29, 1.82) is 0 Å². The van der Waals surface area contributed by atoms with Gasteiger partial charge < -0.3 is 10.1 Å². The van der Waals surface area contributed by atoms with Gasteiger partial charge in [0.1, 0.15) is 0 Å². The summed E-state index contributed by atoms with van der Waals surface area (Å²) >= 11 is 1.85. The van der Waals surface area contributed by atoms with Crippen molar-refractivity contribution in [3.05, 3.63) is 22.4 Å². The molecule has 1 N–H and O–H groups in total.